The Bertz CT molecular complexity index is 330. The lowest BCUT2D eigenvalue weighted by atomic mass is 10.1. The minimum atomic E-state index is -4.64. The molecule has 0 bridgehead atoms. The largest absolute Gasteiger partial charge is 0.419 e. The molecule has 0 saturated carbocycles. The van der Waals surface area contributed by atoms with Gasteiger partial charge in [-0.3, -0.25) is 0 Å². The molecule has 0 atom stereocenters. The van der Waals surface area contributed by atoms with Crippen LogP contribution < -0.4 is 0 Å². The van der Waals surface area contributed by atoms with Gasteiger partial charge in [0, 0.05) is 0 Å². The standard InChI is InChI=1S/C8H5BrF4/c1-4-2-3-5(9)7(10)6(4)8(11,12)13/h2-3H,1H3. The fourth-order valence-corrected chi connectivity index (χ4v) is 1.33. The Morgan fingerprint density at radius 3 is 2.15 bits per heavy atom. The van der Waals surface area contributed by atoms with Crippen molar-refractivity contribution in [3.8, 4) is 0 Å². The van der Waals surface area contributed by atoms with Crippen LogP contribution in [0.15, 0.2) is 16.6 Å². The molecule has 0 fully saturated rings. The Morgan fingerprint density at radius 1 is 1.23 bits per heavy atom. The molecule has 0 amide bonds. The lowest BCUT2D eigenvalue weighted by Gasteiger charge is -2.11. The summed E-state index contributed by atoms with van der Waals surface area (Å²) in [6, 6.07) is 2.47. The summed E-state index contributed by atoms with van der Waals surface area (Å²) >= 11 is 2.70. The smallest absolute Gasteiger partial charge is 0.205 e. The SMILES string of the molecule is Cc1ccc(Br)c(F)c1C(F)(F)F. The van der Waals surface area contributed by atoms with Crippen LogP contribution in [-0.2, 0) is 6.18 Å². The molecule has 5 heteroatoms. The number of halogens is 5. The predicted octanol–water partition coefficient (Wildman–Crippen LogP) is 3.92. The quantitative estimate of drug-likeness (QED) is 0.618. The highest BCUT2D eigenvalue weighted by molar-refractivity contribution is 9.10. The Kier molecular flexibility index (Phi) is 2.66. The van der Waals surface area contributed by atoms with Gasteiger partial charge < -0.3 is 0 Å². The second-order valence-electron chi connectivity index (χ2n) is 2.55. The highest BCUT2D eigenvalue weighted by atomic mass is 79.9. The zero-order chi connectivity index (χ0) is 10.2. The lowest BCUT2D eigenvalue weighted by molar-refractivity contribution is -0.140. The molecule has 13 heavy (non-hydrogen) atoms. The van der Waals surface area contributed by atoms with Gasteiger partial charge in [-0.2, -0.15) is 13.2 Å². The molecule has 0 aliphatic rings. The third-order valence-corrected chi connectivity index (χ3v) is 2.20. The minimum absolute atomic E-state index is 0.117. The normalized spacial score (nSPS) is 11.8. The maximum Gasteiger partial charge on any atom is 0.419 e. The van der Waals surface area contributed by atoms with Crippen LogP contribution in [0.25, 0.3) is 0 Å². The van der Waals surface area contributed by atoms with Crippen molar-refractivity contribution in [3.05, 3.63) is 33.5 Å². The van der Waals surface area contributed by atoms with E-state index in [1.807, 2.05) is 0 Å². The number of aryl methyl sites for hydroxylation is 1. The highest BCUT2D eigenvalue weighted by Crippen LogP contribution is 2.36. The summed E-state index contributed by atoms with van der Waals surface area (Å²) < 4.78 is 49.5. The minimum Gasteiger partial charge on any atom is -0.205 e. The molecule has 0 nitrogen and oxygen atoms in total. The summed E-state index contributed by atoms with van der Waals surface area (Å²) in [6.45, 7) is 1.22. The molecule has 72 valence electrons. The van der Waals surface area contributed by atoms with Crippen molar-refractivity contribution in [2.24, 2.45) is 0 Å². The van der Waals surface area contributed by atoms with E-state index in [1.165, 1.54) is 19.1 Å². The van der Waals surface area contributed by atoms with Gasteiger partial charge in [-0.25, -0.2) is 4.39 Å². The van der Waals surface area contributed by atoms with Crippen molar-refractivity contribution in [2.45, 2.75) is 13.1 Å². The van der Waals surface area contributed by atoms with Gasteiger partial charge in [-0.1, -0.05) is 6.07 Å². The molecule has 1 rings (SSSR count). The number of rotatable bonds is 0. The fraction of sp³-hybridized carbons (Fsp3) is 0.250. The van der Waals surface area contributed by atoms with E-state index < -0.39 is 17.6 Å². The van der Waals surface area contributed by atoms with Gasteiger partial charge in [0.05, 0.1) is 10.0 Å². The van der Waals surface area contributed by atoms with Gasteiger partial charge in [0.25, 0.3) is 0 Å². The van der Waals surface area contributed by atoms with E-state index in [0.29, 0.717) is 0 Å². The summed E-state index contributed by atoms with van der Waals surface area (Å²) in [5, 5.41) is 0. The first-order valence-electron chi connectivity index (χ1n) is 3.36. The van der Waals surface area contributed by atoms with Crippen LogP contribution in [0, 0.1) is 12.7 Å². The first-order valence-corrected chi connectivity index (χ1v) is 4.15. The van der Waals surface area contributed by atoms with E-state index in [9.17, 15) is 17.6 Å². The van der Waals surface area contributed by atoms with Gasteiger partial charge in [0.2, 0.25) is 0 Å². The maximum atomic E-state index is 13.0. The van der Waals surface area contributed by atoms with E-state index in [0.717, 1.165) is 0 Å². The molecule has 1 aromatic rings. The van der Waals surface area contributed by atoms with Gasteiger partial charge in [0.15, 0.2) is 0 Å². The second-order valence-corrected chi connectivity index (χ2v) is 3.41. The van der Waals surface area contributed by atoms with Crippen LogP contribution in [0.2, 0.25) is 0 Å². The van der Waals surface area contributed by atoms with Gasteiger partial charge in [-0.05, 0) is 34.5 Å². The van der Waals surface area contributed by atoms with Crippen molar-refractivity contribution in [2.75, 3.05) is 0 Å². The molecule has 0 aromatic heterocycles. The summed E-state index contributed by atoms with van der Waals surface area (Å²) in [4.78, 5) is 0. The van der Waals surface area contributed by atoms with Crippen LogP contribution in [-0.4, -0.2) is 0 Å². The Balaban J connectivity index is 3.43. The third-order valence-electron chi connectivity index (χ3n) is 1.59. The van der Waals surface area contributed by atoms with Crippen molar-refractivity contribution in [1.82, 2.24) is 0 Å². The Morgan fingerprint density at radius 2 is 1.77 bits per heavy atom. The highest BCUT2D eigenvalue weighted by Gasteiger charge is 2.36. The molecule has 0 radical (unpaired) electrons. The van der Waals surface area contributed by atoms with Gasteiger partial charge in [-0.15, -0.1) is 0 Å². The number of hydrogen-bond acceptors (Lipinski definition) is 0. The fourth-order valence-electron chi connectivity index (χ4n) is 0.995. The molecule has 0 unspecified atom stereocenters. The lowest BCUT2D eigenvalue weighted by Crippen LogP contribution is -2.10. The van der Waals surface area contributed by atoms with E-state index in [2.05, 4.69) is 15.9 Å². The van der Waals surface area contributed by atoms with E-state index >= 15 is 0 Å². The molecule has 0 aliphatic carbocycles. The van der Waals surface area contributed by atoms with E-state index in [-0.39, 0.29) is 10.0 Å². The van der Waals surface area contributed by atoms with Crippen LogP contribution in [0.1, 0.15) is 11.1 Å². The monoisotopic (exact) mass is 256 g/mol. The zero-order valence-electron chi connectivity index (χ0n) is 6.54. The van der Waals surface area contributed by atoms with E-state index in [4.69, 9.17) is 0 Å². The van der Waals surface area contributed by atoms with Crippen LogP contribution in [0.3, 0.4) is 0 Å². The summed E-state index contributed by atoms with van der Waals surface area (Å²) in [7, 11) is 0. The van der Waals surface area contributed by atoms with Crippen LogP contribution in [0.4, 0.5) is 17.6 Å². The number of benzene rings is 1. The number of alkyl halides is 3. The van der Waals surface area contributed by atoms with Crippen molar-refractivity contribution < 1.29 is 17.6 Å². The Hall–Kier alpha value is -0.580. The first-order chi connectivity index (χ1) is 5.84. The molecule has 0 aliphatic heterocycles. The molecular weight excluding hydrogens is 252 g/mol. The van der Waals surface area contributed by atoms with E-state index in [1.54, 1.807) is 0 Å². The summed E-state index contributed by atoms with van der Waals surface area (Å²) in [5.74, 6) is -1.26. The molecule has 1 aromatic carbocycles. The first kappa shape index (κ1) is 10.5. The average molecular weight is 257 g/mol. The van der Waals surface area contributed by atoms with Crippen molar-refractivity contribution in [3.63, 3.8) is 0 Å². The topological polar surface area (TPSA) is 0 Å². The zero-order valence-corrected chi connectivity index (χ0v) is 8.13. The van der Waals surface area contributed by atoms with Crippen molar-refractivity contribution >= 4 is 15.9 Å². The second kappa shape index (κ2) is 3.29. The van der Waals surface area contributed by atoms with Crippen molar-refractivity contribution in [1.29, 1.82) is 0 Å². The maximum absolute atomic E-state index is 13.0. The molecule has 0 heterocycles. The molecule has 0 spiro atoms. The predicted molar refractivity (Wildman–Crippen MR) is 43.8 cm³/mol. The third kappa shape index (κ3) is 2.02. The average Bonchev–Trinajstić information content (AvgIpc) is 1.95. The number of hydrogen-bond donors (Lipinski definition) is 0. The Labute approximate surface area is 80.7 Å². The molecule has 0 saturated heterocycles. The molecular formula is C8H5BrF4. The molecule has 0 N–H and O–H groups in total. The van der Waals surface area contributed by atoms with Crippen LogP contribution >= 0.6 is 15.9 Å². The summed E-state index contributed by atoms with van der Waals surface area (Å²) in [5.41, 5.74) is -1.32. The van der Waals surface area contributed by atoms with Gasteiger partial charge >= 0.3 is 6.18 Å². The van der Waals surface area contributed by atoms with Crippen LogP contribution in [0.5, 0.6) is 0 Å². The summed E-state index contributed by atoms with van der Waals surface area (Å²) in [6.07, 6.45) is -4.64. The van der Waals surface area contributed by atoms with Gasteiger partial charge in [0.1, 0.15) is 5.82 Å².